The van der Waals surface area contributed by atoms with Crippen LogP contribution >= 0.6 is 11.6 Å². The standard InChI is InChI=1S/C29H25ClF2N4O3/c1-2-39-29(38)25-18-27(36(33-25)26-6-4-3-5-23(26)30)19-7-10-21(11-8-19)34-13-15-35(16-14-34)28(37)22-17-20(31)9-12-24(22)32/h3-12,17-18H,2,13-16H2,1H3. The Balaban J connectivity index is 1.34. The van der Waals surface area contributed by atoms with Gasteiger partial charge in [-0.25, -0.2) is 18.3 Å². The molecular formula is C29H25ClF2N4O3. The van der Waals surface area contributed by atoms with Crippen molar-refractivity contribution >= 4 is 29.2 Å². The zero-order valence-corrected chi connectivity index (χ0v) is 21.9. The fourth-order valence-corrected chi connectivity index (χ4v) is 4.76. The Labute approximate surface area is 229 Å². The topological polar surface area (TPSA) is 67.7 Å². The first-order valence-electron chi connectivity index (χ1n) is 12.5. The van der Waals surface area contributed by atoms with Crippen molar-refractivity contribution in [1.29, 1.82) is 0 Å². The Morgan fingerprint density at radius 1 is 0.949 bits per heavy atom. The Morgan fingerprint density at radius 2 is 1.67 bits per heavy atom. The number of anilines is 1. The molecule has 0 bridgehead atoms. The molecule has 0 atom stereocenters. The van der Waals surface area contributed by atoms with Crippen molar-refractivity contribution in [1.82, 2.24) is 14.7 Å². The zero-order valence-electron chi connectivity index (χ0n) is 21.1. The highest BCUT2D eigenvalue weighted by Gasteiger charge is 2.25. The molecule has 4 aromatic rings. The molecule has 0 N–H and O–H groups in total. The minimum Gasteiger partial charge on any atom is -0.461 e. The van der Waals surface area contributed by atoms with Crippen LogP contribution in [-0.4, -0.2) is 59.3 Å². The maximum atomic E-state index is 14.1. The van der Waals surface area contributed by atoms with Gasteiger partial charge in [-0.3, -0.25) is 4.79 Å². The van der Waals surface area contributed by atoms with E-state index in [1.807, 2.05) is 42.5 Å². The van der Waals surface area contributed by atoms with Gasteiger partial charge in [0.25, 0.3) is 5.91 Å². The predicted octanol–water partition coefficient (Wildman–Crippen LogP) is 5.61. The molecule has 1 saturated heterocycles. The van der Waals surface area contributed by atoms with Gasteiger partial charge in [0.15, 0.2) is 5.69 Å². The minimum atomic E-state index is -0.735. The van der Waals surface area contributed by atoms with E-state index in [4.69, 9.17) is 16.3 Å². The van der Waals surface area contributed by atoms with Gasteiger partial charge in [-0.15, -0.1) is 0 Å². The summed E-state index contributed by atoms with van der Waals surface area (Å²) in [6.07, 6.45) is 0. The van der Waals surface area contributed by atoms with Gasteiger partial charge in [0, 0.05) is 37.4 Å². The van der Waals surface area contributed by atoms with Crippen molar-refractivity contribution in [3.63, 3.8) is 0 Å². The van der Waals surface area contributed by atoms with Crippen molar-refractivity contribution in [3.05, 3.63) is 101 Å². The normalized spacial score (nSPS) is 13.4. The van der Waals surface area contributed by atoms with Gasteiger partial charge in [-0.05, 0) is 55.5 Å². The number of piperazine rings is 1. The first kappa shape index (κ1) is 26.4. The van der Waals surface area contributed by atoms with Crippen molar-refractivity contribution in [2.24, 2.45) is 0 Å². The second-order valence-corrected chi connectivity index (χ2v) is 9.36. The number of halogens is 3. The van der Waals surface area contributed by atoms with Crippen LogP contribution in [-0.2, 0) is 4.74 Å². The Bertz CT molecular complexity index is 1520. The summed E-state index contributed by atoms with van der Waals surface area (Å²) in [6.45, 7) is 3.78. The third-order valence-electron chi connectivity index (χ3n) is 6.53. The van der Waals surface area contributed by atoms with Gasteiger partial charge in [-0.1, -0.05) is 35.9 Å². The van der Waals surface area contributed by atoms with Crippen LogP contribution in [0.5, 0.6) is 0 Å². The second-order valence-electron chi connectivity index (χ2n) is 8.95. The number of para-hydroxylation sites is 1. The maximum absolute atomic E-state index is 14.1. The number of benzene rings is 3. The van der Waals surface area contributed by atoms with E-state index in [2.05, 4.69) is 10.00 Å². The van der Waals surface area contributed by atoms with Crippen molar-refractivity contribution in [2.75, 3.05) is 37.7 Å². The first-order chi connectivity index (χ1) is 18.9. The Kier molecular flexibility index (Phi) is 7.60. The lowest BCUT2D eigenvalue weighted by Crippen LogP contribution is -2.49. The molecule has 0 aliphatic carbocycles. The number of amides is 1. The number of aromatic nitrogens is 2. The van der Waals surface area contributed by atoms with E-state index in [1.165, 1.54) is 4.90 Å². The number of ether oxygens (including phenoxy) is 1. The molecule has 2 heterocycles. The molecule has 0 spiro atoms. The summed E-state index contributed by atoms with van der Waals surface area (Å²) >= 11 is 6.43. The highest BCUT2D eigenvalue weighted by atomic mass is 35.5. The summed E-state index contributed by atoms with van der Waals surface area (Å²) in [5, 5.41) is 4.96. The highest BCUT2D eigenvalue weighted by molar-refractivity contribution is 6.32. The monoisotopic (exact) mass is 550 g/mol. The van der Waals surface area contributed by atoms with Crippen LogP contribution in [0.4, 0.5) is 14.5 Å². The smallest absolute Gasteiger partial charge is 0.358 e. The summed E-state index contributed by atoms with van der Waals surface area (Å²) in [5.74, 6) is -2.43. The van der Waals surface area contributed by atoms with E-state index < -0.39 is 23.5 Å². The summed E-state index contributed by atoms with van der Waals surface area (Å²) in [5.41, 5.74) is 2.97. The second kappa shape index (κ2) is 11.2. The lowest BCUT2D eigenvalue weighted by atomic mass is 10.1. The lowest BCUT2D eigenvalue weighted by Gasteiger charge is -2.36. The van der Waals surface area contributed by atoms with Gasteiger partial charge < -0.3 is 14.5 Å². The highest BCUT2D eigenvalue weighted by Crippen LogP contribution is 2.30. The van der Waals surface area contributed by atoms with Crippen LogP contribution in [0.15, 0.2) is 72.8 Å². The molecule has 1 fully saturated rings. The number of rotatable bonds is 6. The fourth-order valence-electron chi connectivity index (χ4n) is 4.54. The third kappa shape index (κ3) is 5.49. The van der Waals surface area contributed by atoms with Gasteiger partial charge in [0.2, 0.25) is 0 Å². The van der Waals surface area contributed by atoms with E-state index >= 15 is 0 Å². The molecule has 1 aromatic heterocycles. The van der Waals surface area contributed by atoms with Gasteiger partial charge in [0.05, 0.1) is 28.6 Å². The molecule has 39 heavy (non-hydrogen) atoms. The number of hydrogen-bond donors (Lipinski definition) is 0. The van der Waals surface area contributed by atoms with Gasteiger partial charge in [-0.2, -0.15) is 5.10 Å². The molecule has 0 radical (unpaired) electrons. The fraction of sp³-hybridized carbons (Fsp3) is 0.207. The number of esters is 1. The summed E-state index contributed by atoms with van der Waals surface area (Å²) in [7, 11) is 0. The van der Waals surface area contributed by atoms with E-state index in [1.54, 1.807) is 23.7 Å². The SMILES string of the molecule is CCOC(=O)c1cc(-c2ccc(N3CCN(C(=O)c4cc(F)ccc4F)CC3)cc2)n(-c2ccccc2Cl)n1. The molecule has 3 aromatic carbocycles. The zero-order chi connectivity index (χ0) is 27.5. The van der Waals surface area contributed by atoms with Crippen LogP contribution < -0.4 is 4.90 Å². The molecular weight excluding hydrogens is 526 g/mol. The molecule has 10 heteroatoms. The molecule has 1 aliphatic rings. The molecule has 5 rings (SSSR count). The molecule has 0 saturated carbocycles. The lowest BCUT2D eigenvalue weighted by molar-refractivity contribution is 0.0518. The number of nitrogens with zero attached hydrogens (tertiary/aromatic N) is 4. The largest absolute Gasteiger partial charge is 0.461 e. The Hall–Kier alpha value is -4.24. The molecule has 1 aliphatic heterocycles. The quantitative estimate of drug-likeness (QED) is 0.292. The van der Waals surface area contributed by atoms with Crippen molar-refractivity contribution < 1.29 is 23.1 Å². The molecule has 0 unspecified atom stereocenters. The number of carbonyl (C=O) groups is 2. The van der Waals surface area contributed by atoms with E-state index in [-0.39, 0.29) is 17.9 Å². The van der Waals surface area contributed by atoms with Crippen LogP contribution in [0, 0.1) is 11.6 Å². The molecule has 200 valence electrons. The van der Waals surface area contributed by atoms with E-state index in [0.29, 0.717) is 42.6 Å². The van der Waals surface area contributed by atoms with E-state index in [9.17, 15) is 18.4 Å². The summed E-state index contributed by atoms with van der Waals surface area (Å²) < 4.78 is 34.4. The minimum absolute atomic E-state index is 0.173. The van der Waals surface area contributed by atoms with Crippen LogP contribution in [0.1, 0.15) is 27.8 Å². The summed E-state index contributed by atoms with van der Waals surface area (Å²) in [4.78, 5) is 28.8. The molecule has 7 nitrogen and oxygen atoms in total. The predicted molar refractivity (Wildman–Crippen MR) is 144 cm³/mol. The van der Waals surface area contributed by atoms with Crippen molar-refractivity contribution in [2.45, 2.75) is 6.92 Å². The number of hydrogen-bond acceptors (Lipinski definition) is 5. The molecule has 1 amide bonds. The Morgan fingerprint density at radius 3 is 2.36 bits per heavy atom. The van der Waals surface area contributed by atoms with E-state index in [0.717, 1.165) is 29.4 Å². The van der Waals surface area contributed by atoms with Crippen LogP contribution in [0.2, 0.25) is 5.02 Å². The van der Waals surface area contributed by atoms with Gasteiger partial charge >= 0.3 is 5.97 Å². The van der Waals surface area contributed by atoms with Crippen LogP contribution in [0.25, 0.3) is 16.9 Å². The average molecular weight is 551 g/mol. The summed E-state index contributed by atoms with van der Waals surface area (Å²) in [6, 6.07) is 19.5. The average Bonchev–Trinajstić information content (AvgIpc) is 3.40. The number of carbonyl (C=O) groups excluding carboxylic acids is 2. The third-order valence-corrected chi connectivity index (χ3v) is 6.85. The van der Waals surface area contributed by atoms with Gasteiger partial charge in [0.1, 0.15) is 11.6 Å². The first-order valence-corrected chi connectivity index (χ1v) is 12.9. The maximum Gasteiger partial charge on any atom is 0.358 e. The van der Waals surface area contributed by atoms with Crippen molar-refractivity contribution in [3.8, 4) is 16.9 Å². The van der Waals surface area contributed by atoms with Crippen LogP contribution in [0.3, 0.4) is 0 Å².